The minimum atomic E-state index is 0.415. The highest BCUT2D eigenvalue weighted by Gasteiger charge is 2.21. The lowest BCUT2D eigenvalue weighted by atomic mass is 9.90. The Hall–Kier alpha value is -0.570. The molecule has 0 saturated heterocycles. The van der Waals surface area contributed by atoms with Gasteiger partial charge in [-0.25, -0.2) is 0 Å². The summed E-state index contributed by atoms with van der Waals surface area (Å²) in [5.74, 6) is 0. The lowest BCUT2D eigenvalue weighted by Gasteiger charge is -2.31. The second-order valence-electron chi connectivity index (χ2n) is 5.67. The molecule has 1 aliphatic carbocycles. The average molecular weight is 281 g/mol. The predicted octanol–water partition coefficient (Wildman–Crippen LogP) is 4.04. The summed E-state index contributed by atoms with van der Waals surface area (Å²) in [5, 5.41) is 4.62. The monoisotopic (exact) mass is 280 g/mol. The standard InChI is InChI=1S/C16H25ClN2/c1-2-3-16(12-4-6-13(17)7-5-12)19-15-10-8-14(18)9-11-15/h4-7,14-16,19H,2-3,8-11,18H2,1H3. The third kappa shape index (κ3) is 4.48. The zero-order valence-corrected chi connectivity index (χ0v) is 12.5. The molecule has 0 aromatic heterocycles. The number of halogens is 1. The molecule has 0 aliphatic heterocycles. The number of hydrogen-bond acceptors (Lipinski definition) is 2. The first-order valence-corrected chi connectivity index (χ1v) is 7.84. The fourth-order valence-corrected chi connectivity index (χ4v) is 3.03. The Morgan fingerprint density at radius 1 is 1.21 bits per heavy atom. The van der Waals surface area contributed by atoms with Gasteiger partial charge in [0.25, 0.3) is 0 Å². The molecule has 1 aliphatic rings. The van der Waals surface area contributed by atoms with Crippen molar-refractivity contribution in [3.8, 4) is 0 Å². The lowest BCUT2D eigenvalue weighted by Crippen LogP contribution is -2.39. The van der Waals surface area contributed by atoms with E-state index in [4.69, 9.17) is 17.3 Å². The maximum absolute atomic E-state index is 5.97. The van der Waals surface area contributed by atoms with Crippen molar-refractivity contribution in [1.82, 2.24) is 5.32 Å². The summed E-state index contributed by atoms with van der Waals surface area (Å²) >= 11 is 5.97. The van der Waals surface area contributed by atoms with Crippen molar-refractivity contribution in [3.05, 3.63) is 34.9 Å². The number of hydrogen-bond donors (Lipinski definition) is 2. The second-order valence-corrected chi connectivity index (χ2v) is 6.11. The molecule has 0 radical (unpaired) electrons. The van der Waals surface area contributed by atoms with E-state index < -0.39 is 0 Å². The molecule has 2 nitrogen and oxygen atoms in total. The van der Waals surface area contributed by atoms with E-state index in [1.807, 2.05) is 12.1 Å². The molecule has 0 amide bonds. The molecule has 0 spiro atoms. The minimum Gasteiger partial charge on any atom is -0.328 e. The topological polar surface area (TPSA) is 38.0 Å². The summed E-state index contributed by atoms with van der Waals surface area (Å²) in [6.07, 6.45) is 7.06. The van der Waals surface area contributed by atoms with Crippen molar-refractivity contribution in [1.29, 1.82) is 0 Å². The van der Waals surface area contributed by atoms with Crippen LogP contribution in [0.3, 0.4) is 0 Å². The smallest absolute Gasteiger partial charge is 0.0406 e. The van der Waals surface area contributed by atoms with Gasteiger partial charge in [0.15, 0.2) is 0 Å². The molecule has 19 heavy (non-hydrogen) atoms. The zero-order valence-electron chi connectivity index (χ0n) is 11.7. The molecule has 0 heterocycles. The van der Waals surface area contributed by atoms with Crippen molar-refractivity contribution in [2.45, 2.75) is 63.6 Å². The summed E-state index contributed by atoms with van der Waals surface area (Å²) in [5.41, 5.74) is 7.32. The highest BCUT2D eigenvalue weighted by molar-refractivity contribution is 6.30. The van der Waals surface area contributed by atoms with Crippen molar-refractivity contribution in [2.75, 3.05) is 0 Å². The van der Waals surface area contributed by atoms with E-state index in [9.17, 15) is 0 Å². The molecule has 1 fully saturated rings. The Morgan fingerprint density at radius 3 is 2.42 bits per heavy atom. The van der Waals surface area contributed by atoms with Crippen molar-refractivity contribution in [2.24, 2.45) is 5.73 Å². The maximum Gasteiger partial charge on any atom is 0.0406 e. The minimum absolute atomic E-state index is 0.415. The van der Waals surface area contributed by atoms with Gasteiger partial charge in [0.2, 0.25) is 0 Å². The summed E-state index contributed by atoms with van der Waals surface area (Å²) in [4.78, 5) is 0. The van der Waals surface area contributed by atoms with Crippen LogP contribution in [0, 0.1) is 0 Å². The van der Waals surface area contributed by atoms with E-state index in [2.05, 4.69) is 24.4 Å². The molecular weight excluding hydrogens is 256 g/mol. The molecule has 2 rings (SSSR count). The van der Waals surface area contributed by atoms with Crippen molar-refractivity contribution < 1.29 is 0 Å². The highest BCUT2D eigenvalue weighted by atomic mass is 35.5. The molecule has 1 saturated carbocycles. The first kappa shape index (κ1) is 14.8. The first-order chi connectivity index (χ1) is 9.19. The van der Waals surface area contributed by atoms with Gasteiger partial charge in [0.1, 0.15) is 0 Å². The van der Waals surface area contributed by atoms with Gasteiger partial charge in [-0.15, -0.1) is 0 Å². The van der Waals surface area contributed by atoms with Gasteiger partial charge in [0, 0.05) is 23.1 Å². The van der Waals surface area contributed by atoms with E-state index in [1.165, 1.54) is 31.2 Å². The van der Waals surface area contributed by atoms with Crippen LogP contribution in [-0.4, -0.2) is 12.1 Å². The summed E-state index contributed by atoms with van der Waals surface area (Å²) < 4.78 is 0. The third-order valence-electron chi connectivity index (χ3n) is 4.06. The van der Waals surface area contributed by atoms with Crippen LogP contribution >= 0.6 is 11.6 Å². The molecular formula is C16H25ClN2. The first-order valence-electron chi connectivity index (χ1n) is 7.46. The van der Waals surface area contributed by atoms with Crippen LogP contribution in [0.5, 0.6) is 0 Å². The van der Waals surface area contributed by atoms with Gasteiger partial charge >= 0.3 is 0 Å². The number of benzene rings is 1. The van der Waals surface area contributed by atoms with Crippen LogP contribution in [-0.2, 0) is 0 Å². The van der Waals surface area contributed by atoms with Gasteiger partial charge in [-0.05, 0) is 49.8 Å². The molecule has 1 aromatic rings. The fourth-order valence-electron chi connectivity index (χ4n) is 2.90. The quantitative estimate of drug-likeness (QED) is 0.854. The molecule has 3 N–H and O–H groups in total. The van der Waals surface area contributed by atoms with E-state index in [-0.39, 0.29) is 0 Å². The van der Waals surface area contributed by atoms with Crippen LogP contribution in [0.2, 0.25) is 5.02 Å². The van der Waals surface area contributed by atoms with Gasteiger partial charge in [0.05, 0.1) is 0 Å². The van der Waals surface area contributed by atoms with Gasteiger partial charge < -0.3 is 11.1 Å². The highest BCUT2D eigenvalue weighted by Crippen LogP contribution is 2.25. The predicted molar refractivity (Wildman–Crippen MR) is 82.5 cm³/mol. The van der Waals surface area contributed by atoms with Crippen molar-refractivity contribution >= 4 is 11.6 Å². The third-order valence-corrected chi connectivity index (χ3v) is 4.31. The SMILES string of the molecule is CCCC(NC1CCC(N)CC1)c1ccc(Cl)cc1. The summed E-state index contributed by atoms with van der Waals surface area (Å²) in [6, 6.07) is 9.73. The molecule has 1 aromatic carbocycles. The molecule has 1 atom stereocenters. The molecule has 1 unspecified atom stereocenters. The Labute approximate surface area is 121 Å². The van der Waals surface area contributed by atoms with Crippen LogP contribution in [0.15, 0.2) is 24.3 Å². The zero-order chi connectivity index (χ0) is 13.7. The largest absolute Gasteiger partial charge is 0.328 e. The summed E-state index contributed by atoms with van der Waals surface area (Å²) in [7, 11) is 0. The van der Waals surface area contributed by atoms with Crippen molar-refractivity contribution in [3.63, 3.8) is 0 Å². The van der Waals surface area contributed by atoms with Crippen LogP contribution in [0.1, 0.15) is 57.1 Å². The van der Waals surface area contributed by atoms with Gasteiger partial charge in [-0.2, -0.15) is 0 Å². The summed E-state index contributed by atoms with van der Waals surface area (Å²) in [6.45, 7) is 2.24. The average Bonchev–Trinajstić information content (AvgIpc) is 2.42. The van der Waals surface area contributed by atoms with Crippen LogP contribution < -0.4 is 11.1 Å². The van der Waals surface area contributed by atoms with Gasteiger partial charge in [-0.3, -0.25) is 0 Å². The molecule has 3 heteroatoms. The van der Waals surface area contributed by atoms with Gasteiger partial charge in [-0.1, -0.05) is 37.1 Å². The fraction of sp³-hybridized carbons (Fsp3) is 0.625. The number of rotatable bonds is 5. The molecule has 0 bridgehead atoms. The van der Waals surface area contributed by atoms with E-state index in [1.54, 1.807) is 0 Å². The molecule has 106 valence electrons. The van der Waals surface area contributed by atoms with Crippen LogP contribution in [0.25, 0.3) is 0 Å². The van der Waals surface area contributed by atoms with Crippen LogP contribution in [0.4, 0.5) is 0 Å². The Bertz CT molecular complexity index is 369. The maximum atomic E-state index is 5.97. The Kier molecular flexibility index (Phi) is 5.68. The number of nitrogens with two attached hydrogens (primary N) is 1. The lowest BCUT2D eigenvalue weighted by molar-refractivity contribution is 0.308. The second kappa shape index (κ2) is 7.28. The Morgan fingerprint density at radius 2 is 1.84 bits per heavy atom. The number of nitrogens with one attached hydrogen (secondary N) is 1. The normalized spacial score (nSPS) is 25.2. The van der Waals surface area contributed by atoms with E-state index >= 15 is 0 Å². The Balaban J connectivity index is 1.97. The van der Waals surface area contributed by atoms with E-state index in [0.717, 1.165) is 17.9 Å². The van der Waals surface area contributed by atoms with E-state index in [0.29, 0.717) is 18.1 Å².